The van der Waals surface area contributed by atoms with Crippen molar-refractivity contribution in [2.24, 2.45) is 5.73 Å². The number of thioether (sulfide) groups is 1. The molecule has 0 aliphatic rings. The molecule has 0 amide bonds. The van der Waals surface area contributed by atoms with Crippen LogP contribution in [-0.2, 0) is 0 Å². The molecule has 1 rings (SSSR count). The van der Waals surface area contributed by atoms with E-state index in [2.05, 4.69) is 56.5 Å². The van der Waals surface area contributed by atoms with Gasteiger partial charge in [0.1, 0.15) is 0 Å². The number of allylic oxidation sites excluding steroid dienone is 1. The molecule has 88 valence electrons. The molecule has 2 N–H and O–H groups in total. The number of rotatable bonds is 5. The second-order valence-electron chi connectivity index (χ2n) is 4.70. The molecule has 0 atom stereocenters. The molecule has 2 heteroatoms. The monoisotopic (exact) mass is 235 g/mol. The predicted molar refractivity (Wildman–Crippen MR) is 74.8 cm³/mol. The lowest BCUT2D eigenvalue weighted by Crippen LogP contribution is -2.31. The molecule has 1 aromatic carbocycles. The standard InChI is InChI=1S/C14H21NS/c1-14(2,15)11-5-4-6-12-7-9-13(16-3)10-8-12/h4,6-10H,5,11,15H2,1-3H3/b6-4+. The fourth-order valence-corrected chi connectivity index (χ4v) is 1.80. The largest absolute Gasteiger partial charge is 0.326 e. The second-order valence-corrected chi connectivity index (χ2v) is 5.58. The summed E-state index contributed by atoms with van der Waals surface area (Å²) in [5, 5.41) is 0. The highest BCUT2D eigenvalue weighted by Crippen LogP contribution is 2.16. The molecule has 0 spiro atoms. The van der Waals surface area contributed by atoms with E-state index in [1.807, 2.05) is 0 Å². The topological polar surface area (TPSA) is 26.0 Å². The first-order valence-corrected chi connectivity index (χ1v) is 6.83. The van der Waals surface area contributed by atoms with Crippen molar-refractivity contribution in [3.63, 3.8) is 0 Å². The smallest absolute Gasteiger partial charge is 0.01000 e. The molecular weight excluding hydrogens is 214 g/mol. The highest BCUT2D eigenvalue weighted by atomic mass is 32.2. The van der Waals surface area contributed by atoms with Crippen LogP contribution in [0, 0.1) is 0 Å². The van der Waals surface area contributed by atoms with E-state index in [-0.39, 0.29) is 5.54 Å². The summed E-state index contributed by atoms with van der Waals surface area (Å²) < 4.78 is 0. The third-order valence-corrected chi connectivity index (χ3v) is 3.13. The zero-order chi connectivity index (χ0) is 12.0. The lowest BCUT2D eigenvalue weighted by atomic mass is 10.00. The Hall–Kier alpha value is -0.730. The average molecular weight is 235 g/mol. The Morgan fingerprint density at radius 2 is 1.88 bits per heavy atom. The van der Waals surface area contributed by atoms with Gasteiger partial charge in [0.25, 0.3) is 0 Å². The minimum Gasteiger partial charge on any atom is -0.326 e. The van der Waals surface area contributed by atoms with Crippen LogP contribution in [0.5, 0.6) is 0 Å². The summed E-state index contributed by atoms with van der Waals surface area (Å²) in [4.78, 5) is 1.31. The molecule has 16 heavy (non-hydrogen) atoms. The van der Waals surface area contributed by atoms with Gasteiger partial charge in [0.2, 0.25) is 0 Å². The van der Waals surface area contributed by atoms with E-state index in [0.717, 1.165) is 12.8 Å². The van der Waals surface area contributed by atoms with Crippen molar-refractivity contribution >= 4 is 17.8 Å². The molecule has 1 aromatic rings. The summed E-state index contributed by atoms with van der Waals surface area (Å²) in [5.74, 6) is 0. The maximum atomic E-state index is 5.92. The maximum Gasteiger partial charge on any atom is 0.01000 e. The molecule has 0 heterocycles. The Labute approximate surface area is 103 Å². The van der Waals surface area contributed by atoms with Crippen molar-refractivity contribution in [1.82, 2.24) is 0 Å². The Bertz CT molecular complexity index is 333. The SMILES string of the molecule is CSc1ccc(/C=C/CCC(C)(C)N)cc1. The molecule has 0 saturated carbocycles. The third kappa shape index (κ3) is 5.38. The van der Waals surface area contributed by atoms with E-state index in [9.17, 15) is 0 Å². The number of hydrogen-bond donors (Lipinski definition) is 1. The summed E-state index contributed by atoms with van der Waals surface area (Å²) >= 11 is 1.77. The first-order valence-electron chi connectivity index (χ1n) is 5.61. The maximum absolute atomic E-state index is 5.92. The number of nitrogens with two attached hydrogens (primary N) is 1. The molecule has 0 saturated heterocycles. The number of benzene rings is 1. The Kier molecular flexibility index (Phi) is 5.10. The highest BCUT2D eigenvalue weighted by Gasteiger charge is 2.07. The van der Waals surface area contributed by atoms with Gasteiger partial charge >= 0.3 is 0 Å². The van der Waals surface area contributed by atoms with Crippen LogP contribution in [0.2, 0.25) is 0 Å². The summed E-state index contributed by atoms with van der Waals surface area (Å²) in [5.41, 5.74) is 7.11. The van der Waals surface area contributed by atoms with Crippen LogP contribution >= 0.6 is 11.8 Å². The first kappa shape index (κ1) is 13.3. The van der Waals surface area contributed by atoms with E-state index in [1.165, 1.54) is 10.5 Å². The predicted octanol–water partition coefficient (Wildman–Crippen LogP) is 3.94. The second kappa shape index (κ2) is 6.12. The van der Waals surface area contributed by atoms with Crippen LogP contribution in [0.3, 0.4) is 0 Å². The van der Waals surface area contributed by atoms with Crippen molar-refractivity contribution in [3.05, 3.63) is 35.9 Å². The minimum atomic E-state index is -0.0625. The normalized spacial score (nSPS) is 12.2. The van der Waals surface area contributed by atoms with E-state index in [4.69, 9.17) is 5.73 Å². The van der Waals surface area contributed by atoms with Crippen LogP contribution in [-0.4, -0.2) is 11.8 Å². The summed E-state index contributed by atoms with van der Waals surface area (Å²) in [6, 6.07) is 8.60. The first-order chi connectivity index (χ1) is 7.51. The van der Waals surface area contributed by atoms with Crippen LogP contribution in [0.25, 0.3) is 6.08 Å². The van der Waals surface area contributed by atoms with E-state index < -0.39 is 0 Å². The van der Waals surface area contributed by atoms with Gasteiger partial charge in [0.05, 0.1) is 0 Å². The van der Waals surface area contributed by atoms with Crippen LogP contribution in [0.1, 0.15) is 32.3 Å². The van der Waals surface area contributed by atoms with Crippen molar-refractivity contribution in [1.29, 1.82) is 0 Å². The van der Waals surface area contributed by atoms with Crippen molar-refractivity contribution in [3.8, 4) is 0 Å². The van der Waals surface area contributed by atoms with Gasteiger partial charge in [-0.1, -0.05) is 24.3 Å². The molecule has 0 unspecified atom stereocenters. The molecule has 0 aliphatic carbocycles. The summed E-state index contributed by atoms with van der Waals surface area (Å²) in [6.45, 7) is 4.13. The summed E-state index contributed by atoms with van der Waals surface area (Å²) in [7, 11) is 0. The quantitative estimate of drug-likeness (QED) is 0.782. The van der Waals surface area contributed by atoms with Crippen LogP contribution in [0.15, 0.2) is 35.2 Å². The lowest BCUT2D eigenvalue weighted by Gasteiger charge is -2.16. The molecule has 0 aromatic heterocycles. The Morgan fingerprint density at radius 1 is 1.25 bits per heavy atom. The van der Waals surface area contributed by atoms with E-state index >= 15 is 0 Å². The Morgan fingerprint density at radius 3 is 2.38 bits per heavy atom. The van der Waals surface area contributed by atoms with Crippen molar-refractivity contribution in [2.45, 2.75) is 37.1 Å². The molecular formula is C14H21NS. The van der Waals surface area contributed by atoms with Crippen LogP contribution < -0.4 is 5.73 Å². The van der Waals surface area contributed by atoms with Crippen molar-refractivity contribution in [2.75, 3.05) is 6.26 Å². The van der Waals surface area contributed by atoms with Gasteiger partial charge in [0.15, 0.2) is 0 Å². The van der Waals surface area contributed by atoms with Crippen molar-refractivity contribution < 1.29 is 0 Å². The van der Waals surface area contributed by atoms with Gasteiger partial charge in [-0.2, -0.15) is 0 Å². The lowest BCUT2D eigenvalue weighted by molar-refractivity contribution is 0.482. The zero-order valence-corrected chi connectivity index (χ0v) is 11.2. The van der Waals surface area contributed by atoms with Gasteiger partial charge in [-0.05, 0) is 50.6 Å². The average Bonchev–Trinajstić information content (AvgIpc) is 2.24. The third-order valence-electron chi connectivity index (χ3n) is 2.38. The molecule has 0 bridgehead atoms. The van der Waals surface area contributed by atoms with Crippen LogP contribution in [0.4, 0.5) is 0 Å². The Balaban J connectivity index is 2.44. The van der Waals surface area contributed by atoms with Gasteiger partial charge in [-0.3, -0.25) is 0 Å². The van der Waals surface area contributed by atoms with Gasteiger partial charge in [0, 0.05) is 10.4 Å². The van der Waals surface area contributed by atoms with E-state index in [0.29, 0.717) is 0 Å². The fourth-order valence-electron chi connectivity index (χ4n) is 1.39. The van der Waals surface area contributed by atoms with Gasteiger partial charge < -0.3 is 5.73 Å². The highest BCUT2D eigenvalue weighted by molar-refractivity contribution is 7.98. The van der Waals surface area contributed by atoms with Gasteiger partial charge in [-0.15, -0.1) is 11.8 Å². The summed E-state index contributed by atoms with van der Waals surface area (Å²) in [6.07, 6.45) is 8.51. The minimum absolute atomic E-state index is 0.0625. The fraction of sp³-hybridized carbons (Fsp3) is 0.429. The molecule has 0 radical (unpaired) electrons. The molecule has 1 nitrogen and oxygen atoms in total. The number of hydrogen-bond acceptors (Lipinski definition) is 2. The zero-order valence-electron chi connectivity index (χ0n) is 10.4. The van der Waals surface area contributed by atoms with E-state index in [1.54, 1.807) is 11.8 Å². The van der Waals surface area contributed by atoms with Gasteiger partial charge in [-0.25, -0.2) is 0 Å². The molecule has 0 fully saturated rings. The molecule has 0 aliphatic heterocycles.